The van der Waals surface area contributed by atoms with Crippen LogP contribution in [0.1, 0.15) is 11.7 Å². The van der Waals surface area contributed by atoms with E-state index in [1.807, 2.05) is 4.90 Å². The summed E-state index contributed by atoms with van der Waals surface area (Å²) in [6, 6.07) is 4.05. The van der Waals surface area contributed by atoms with Crippen LogP contribution in [0.4, 0.5) is 5.69 Å². The zero-order valence-electron chi connectivity index (χ0n) is 15.8. The molecule has 1 aromatic carbocycles. The van der Waals surface area contributed by atoms with Crippen LogP contribution in [0.15, 0.2) is 24.3 Å². The molecule has 30 heavy (non-hydrogen) atoms. The van der Waals surface area contributed by atoms with Crippen molar-refractivity contribution in [3.8, 4) is 0 Å². The van der Waals surface area contributed by atoms with Crippen molar-refractivity contribution in [1.29, 1.82) is 0 Å². The van der Waals surface area contributed by atoms with E-state index >= 15 is 0 Å². The van der Waals surface area contributed by atoms with Gasteiger partial charge in [0.1, 0.15) is 6.10 Å². The average Bonchev–Trinajstić information content (AvgIpc) is 2.72. The normalized spacial score (nSPS) is 16.2. The van der Waals surface area contributed by atoms with Gasteiger partial charge in [-0.3, -0.25) is 24.6 Å². The lowest BCUT2D eigenvalue weighted by molar-refractivity contribution is -0.384. The van der Waals surface area contributed by atoms with Gasteiger partial charge in [0.2, 0.25) is 0 Å². The molecule has 1 heterocycles. The first kappa shape index (κ1) is 26.0. The fourth-order valence-electron chi connectivity index (χ4n) is 2.45. The number of carbonyl (C=O) groups is 2. The highest BCUT2D eigenvalue weighted by Crippen LogP contribution is 2.20. The minimum atomic E-state index is -1.33. The summed E-state index contributed by atoms with van der Waals surface area (Å²) in [6.07, 6.45) is -1.25. The van der Waals surface area contributed by atoms with E-state index in [0.29, 0.717) is 18.8 Å². The minimum absolute atomic E-state index is 0.132. The topological polar surface area (TPSA) is 162 Å². The molecule has 0 spiro atoms. The van der Waals surface area contributed by atoms with Gasteiger partial charge in [-0.1, -0.05) is 23.2 Å². The Morgan fingerprint density at radius 3 is 2.23 bits per heavy atom. The second-order valence-electron chi connectivity index (χ2n) is 6.17. The van der Waals surface area contributed by atoms with Gasteiger partial charge in [-0.15, -0.1) is 0 Å². The third-order valence-corrected chi connectivity index (χ3v) is 4.41. The predicted octanol–water partition coefficient (Wildman–Crippen LogP) is 0.312. The number of nitro benzene ring substituents is 1. The second kappa shape index (κ2) is 13.3. The molecule has 13 heteroatoms. The Morgan fingerprint density at radius 2 is 1.80 bits per heavy atom. The Bertz CT molecular complexity index is 699. The van der Waals surface area contributed by atoms with Crippen molar-refractivity contribution < 1.29 is 34.6 Å². The maximum Gasteiger partial charge on any atom is 0.317 e. The number of nitrogens with one attached hydrogen (secondary N) is 1. The molecule has 2 atom stereocenters. The molecule has 1 fully saturated rings. The average molecular weight is 468 g/mol. The fraction of sp³-hybridized carbons (Fsp3) is 0.529. The molecule has 4 N–H and O–H groups in total. The van der Waals surface area contributed by atoms with E-state index in [-0.39, 0.29) is 12.2 Å². The predicted molar refractivity (Wildman–Crippen MR) is 107 cm³/mol. The number of morpholine rings is 1. The van der Waals surface area contributed by atoms with Gasteiger partial charge in [0, 0.05) is 25.2 Å². The number of halogens is 2. The number of nitrogens with zero attached hydrogens (tertiary/aromatic N) is 2. The van der Waals surface area contributed by atoms with Crippen LogP contribution in [0.25, 0.3) is 0 Å². The van der Waals surface area contributed by atoms with Crippen molar-refractivity contribution in [1.82, 2.24) is 10.2 Å². The number of ether oxygens (including phenoxy) is 1. The summed E-state index contributed by atoms with van der Waals surface area (Å²) in [5, 5.41) is 40.3. The minimum Gasteiger partial charge on any atom is -0.480 e. The van der Waals surface area contributed by atoms with E-state index in [4.69, 9.17) is 38.2 Å². The highest BCUT2D eigenvalue weighted by atomic mass is 35.5. The number of hydrogen-bond donors (Lipinski definition) is 4. The smallest absolute Gasteiger partial charge is 0.317 e. The molecule has 0 radical (unpaired) electrons. The number of aliphatic carboxylic acids is 1. The number of aliphatic hydroxyl groups is 2. The first-order valence-corrected chi connectivity index (χ1v) is 9.66. The molecule has 0 aliphatic carbocycles. The summed E-state index contributed by atoms with van der Waals surface area (Å²) in [5.74, 6) is -1.52. The third kappa shape index (κ3) is 9.20. The number of carboxylic acid groups (broad SMARTS) is 1. The number of non-ortho nitro benzene ring substituents is 1. The van der Waals surface area contributed by atoms with Crippen molar-refractivity contribution in [2.24, 2.45) is 0 Å². The van der Waals surface area contributed by atoms with Gasteiger partial charge < -0.3 is 25.4 Å². The van der Waals surface area contributed by atoms with E-state index in [9.17, 15) is 24.8 Å². The second-order valence-corrected chi connectivity index (χ2v) is 7.27. The number of aliphatic hydroxyl groups excluding tert-OH is 2. The maximum atomic E-state index is 11.3. The molecule has 0 saturated carbocycles. The van der Waals surface area contributed by atoms with E-state index in [2.05, 4.69) is 5.32 Å². The van der Waals surface area contributed by atoms with Crippen LogP contribution >= 0.6 is 23.2 Å². The van der Waals surface area contributed by atoms with Crippen LogP contribution in [0.3, 0.4) is 0 Å². The van der Waals surface area contributed by atoms with Gasteiger partial charge in [-0.25, -0.2) is 0 Å². The summed E-state index contributed by atoms with van der Waals surface area (Å²) in [5.41, 5.74) is 0.169. The molecule has 0 bridgehead atoms. The van der Waals surface area contributed by atoms with Gasteiger partial charge in [-0.05, 0) is 17.7 Å². The van der Waals surface area contributed by atoms with Crippen molar-refractivity contribution in [2.45, 2.75) is 17.0 Å². The Hall–Kier alpha value is -2.02. The van der Waals surface area contributed by atoms with Crippen LogP contribution in [-0.2, 0) is 14.3 Å². The fourth-order valence-corrected chi connectivity index (χ4v) is 2.57. The van der Waals surface area contributed by atoms with Crippen LogP contribution in [0, 0.1) is 10.1 Å². The van der Waals surface area contributed by atoms with E-state index in [1.54, 1.807) is 0 Å². The number of nitro groups is 1. The Kier molecular flexibility index (Phi) is 11.5. The highest BCUT2D eigenvalue weighted by Gasteiger charge is 2.24. The Balaban J connectivity index is 0.000000375. The van der Waals surface area contributed by atoms with Crippen molar-refractivity contribution >= 4 is 40.8 Å². The van der Waals surface area contributed by atoms with Crippen molar-refractivity contribution in [2.75, 3.05) is 39.5 Å². The Morgan fingerprint density at radius 1 is 1.23 bits per heavy atom. The molecule has 168 valence electrons. The van der Waals surface area contributed by atoms with Crippen LogP contribution in [-0.4, -0.2) is 87.4 Å². The number of benzene rings is 1. The van der Waals surface area contributed by atoms with Crippen LogP contribution in [0.5, 0.6) is 0 Å². The molecule has 1 aliphatic heterocycles. The van der Waals surface area contributed by atoms with Gasteiger partial charge in [0.15, 0.2) is 4.84 Å². The monoisotopic (exact) mass is 467 g/mol. The van der Waals surface area contributed by atoms with Gasteiger partial charge >= 0.3 is 5.97 Å². The van der Waals surface area contributed by atoms with Crippen LogP contribution in [0.2, 0.25) is 0 Å². The lowest BCUT2D eigenvalue weighted by Gasteiger charge is -2.24. The highest BCUT2D eigenvalue weighted by molar-refractivity contribution is 6.53. The van der Waals surface area contributed by atoms with Crippen LogP contribution < -0.4 is 5.32 Å². The maximum absolute atomic E-state index is 11.3. The summed E-state index contributed by atoms with van der Waals surface area (Å²) in [4.78, 5) is 32.0. The van der Waals surface area contributed by atoms with Gasteiger partial charge in [-0.2, -0.15) is 0 Å². The summed E-state index contributed by atoms with van der Waals surface area (Å²) in [7, 11) is 0. The zero-order valence-corrected chi connectivity index (χ0v) is 17.3. The quantitative estimate of drug-likeness (QED) is 0.239. The lowest BCUT2D eigenvalue weighted by atomic mass is 10.0. The number of hydrogen-bond acceptors (Lipinski definition) is 8. The number of carbonyl (C=O) groups excluding carboxylic acids is 1. The molecular weight excluding hydrogens is 445 g/mol. The molecule has 2 rings (SSSR count). The Labute approximate surface area is 182 Å². The van der Waals surface area contributed by atoms with Crippen molar-refractivity contribution in [3.05, 3.63) is 39.9 Å². The van der Waals surface area contributed by atoms with E-state index in [1.165, 1.54) is 24.3 Å². The summed E-state index contributed by atoms with van der Waals surface area (Å²) < 4.78 is 5.05. The molecule has 0 aromatic heterocycles. The van der Waals surface area contributed by atoms with Crippen molar-refractivity contribution in [3.63, 3.8) is 0 Å². The molecule has 1 amide bonds. The van der Waals surface area contributed by atoms with Gasteiger partial charge in [0.25, 0.3) is 11.6 Å². The molecule has 11 nitrogen and oxygen atoms in total. The zero-order chi connectivity index (χ0) is 22.7. The molecule has 1 aromatic rings. The number of carboxylic acids is 1. The molecule has 1 saturated heterocycles. The number of amides is 1. The number of alkyl halides is 2. The summed E-state index contributed by atoms with van der Waals surface area (Å²) >= 11 is 10.7. The molecule has 0 unspecified atom stereocenters. The largest absolute Gasteiger partial charge is 0.480 e. The van der Waals surface area contributed by atoms with Gasteiger partial charge in [0.05, 0.1) is 37.3 Å². The first-order valence-electron chi connectivity index (χ1n) is 8.79. The first-order chi connectivity index (χ1) is 14.1. The molecular formula is C17H23Cl2N3O8. The summed E-state index contributed by atoms with van der Waals surface area (Å²) in [6.45, 7) is 2.40. The van der Waals surface area contributed by atoms with E-state index < -0.39 is 40.4 Å². The van der Waals surface area contributed by atoms with E-state index in [0.717, 1.165) is 13.1 Å². The SMILES string of the molecule is O=C(N[C@H](CO)[C@H](O)c1ccc([N+](=O)[O-])cc1)C(Cl)Cl.O=C(O)CN1CCOCC1. The standard InChI is InChI=1S/C11H12Cl2N2O5.C6H11NO3/c12-10(13)11(18)14-8(5-16)9(17)6-1-3-7(4-2-6)15(19)20;8-6(9)5-7-1-3-10-4-2-7/h1-4,8-10,16-17H,5H2,(H,14,18);1-5H2,(H,8,9)/t8-,9-;/m1./s1. The lowest BCUT2D eigenvalue weighted by Crippen LogP contribution is -2.44. The third-order valence-electron chi connectivity index (χ3n) is 4.01. The number of rotatable bonds is 8. The molecule has 1 aliphatic rings.